The molecule has 3 atom stereocenters. The average molecular weight is 470 g/mol. The number of nitrogens with zero attached hydrogens (tertiary/aromatic N) is 1. The first-order chi connectivity index (χ1) is 15.6. The number of para-hydroxylation sites is 2. The Labute approximate surface area is 197 Å². The lowest BCUT2D eigenvalue weighted by Gasteiger charge is -2.65. The fourth-order valence-electron chi connectivity index (χ4n) is 7.21. The number of likely N-dealkylation sites (tertiary alicyclic amines) is 1. The Morgan fingerprint density at radius 3 is 2.55 bits per heavy atom. The number of nitrogens with one attached hydrogen (secondary N) is 2. The van der Waals surface area contributed by atoms with E-state index in [0.717, 1.165) is 31.2 Å². The molecule has 2 bridgehead atoms. The molecule has 1 heterocycles. The summed E-state index contributed by atoms with van der Waals surface area (Å²) in [6.45, 7) is 5.68. The summed E-state index contributed by atoms with van der Waals surface area (Å²) in [5, 5.41) is 14.6. The van der Waals surface area contributed by atoms with Gasteiger partial charge in [0, 0.05) is 11.5 Å². The number of benzene rings is 2. The maximum atomic E-state index is 11.8. The minimum absolute atomic E-state index is 0.118. The van der Waals surface area contributed by atoms with Crippen LogP contribution in [0.1, 0.15) is 55.7 Å². The number of hydrogen-bond acceptors (Lipinski definition) is 5. The molecule has 2 fully saturated rings. The molecule has 0 aromatic heterocycles. The van der Waals surface area contributed by atoms with Crippen LogP contribution in [-0.4, -0.2) is 44.3 Å². The van der Waals surface area contributed by atoms with Crippen molar-refractivity contribution in [3.63, 3.8) is 0 Å². The van der Waals surface area contributed by atoms with E-state index in [1.807, 2.05) is 18.2 Å². The predicted octanol–water partition coefficient (Wildman–Crippen LogP) is 4.89. The maximum Gasteiger partial charge on any atom is 0.229 e. The smallest absolute Gasteiger partial charge is 0.229 e. The molecular weight excluding hydrogens is 434 g/mol. The summed E-state index contributed by atoms with van der Waals surface area (Å²) in [7, 11) is -1.16. The Kier molecular flexibility index (Phi) is 5.21. The maximum absolute atomic E-state index is 11.8. The highest BCUT2D eigenvalue weighted by molar-refractivity contribution is 7.92. The predicted molar refractivity (Wildman–Crippen MR) is 134 cm³/mol. The highest BCUT2D eigenvalue weighted by Gasteiger charge is 2.60. The molecule has 1 saturated carbocycles. The van der Waals surface area contributed by atoms with Gasteiger partial charge in [-0.2, -0.15) is 0 Å². The third-order valence-electron chi connectivity index (χ3n) is 8.89. The number of piperidine rings is 1. The summed E-state index contributed by atoms with van der Waals surface area (Å²) >= 11 is 0. The van der Waals surface area contributed by atoms with Crippen molar-refractivity contribution in [2.45, 2.75) is 63.8 Å². The van der Waals surface area contributed by atoms with Crippen LogP contribution >= 0.6 is 0 Å². The normalized spacial score (nSPS) is 29.2. The highest BCUT2D eigenvalue weighted by Crippen LogP contribution is 2.64. The van der Waals surface area contributed by atoms with Crippen LogP contribution in [0.5, 0.6) is 5.75 Å². The zero-order valence-corrected chi connectivity index (χ0v) is 20.8. The van der Waals surface area contributed by atoms with Gasteiger partial charge < -0.3 is 15.3 Å². The van der Waals surface area contributed by atoms with Crippen molar-refractivity contribution in [3.05, 3.63) is 47.0 Å². The lowest BCUT2D eigenvalue weighted by atomic mass is 9.44. The fourth-order valence-corrected chi connectivity index (χ4v) is 7.78. The Morgan fingerprint density at radius 1 is 1.12 bits per heavy atom. The number of aromatic hydroxyl groups is 1. The number of phenols is 1. The third-order valence-corrected chi connectivity index (χ3v) is 9.48. The van der Waals surface area contributed by atoms with Gasteiger partial charge in [-0.05, 0) is 86.5 Å². The van der Waals surface area contributed by atoms with Crippen LogP contribution in [0.25, 0.3) is 0 Å². The van der Waals surface area contributed by atoms with Crippen LogP contribution in [0, 0.1) is 12.3 Å². The molecule has 0 unspecified atom stereocenters. The molecule has 3 N–H and O–H groups in total. The summed E-state index contributed by atoms with van der Waals surface area (Å²) in [6, 6.07) is 9.70. The molecule has 33 heavy (non-hydrogen) atoms. The summed E-state index contributed by atoms with van der Waals surface area (Å²) < 4.78 is 26.3. The lowest BCUT2D eigenvalue weighted by Crippen LogP contribution is -2.66. The van der Waals surface area contributed by atoms with Crippen LogP contribution < -0.4 is 10.0 Å². The molecule has 2 aromatic rings. The van der Waals surface area contributed by atoms with E-state index in [4.69, 9.17) is 0 Å². The molecule has 0 spiro atoms. The van der Waals surface area contributed by atoms with Crippen molar-refractivity contribution in [3.8, 4) is 5.75 Å². The molecule has 1 saturated heterocycles. The molecule has 5 rings (SSSR count). The van der Waals surface area contributed by atoms with Crippen LogP contribution in [0.4, 0.5) is 17.1 Å². The molecule has 0 amide bonds. The SMILES string of the molecule is Cc1c2c(cc(O)c1Nc1ccccc1NS(C)(=O)=O)[C@]13CCCC[C@]1(C)[C@H](C2)N(C)CC3. The first-order valence-electron chi connectivity index (χ1n) is 12.0. The van der Waals surface area contributed by atoms with E-state index >= 15 is 0 Å². The number of hydrogen-bond donors (Lipinski definition) is 3. The summed E-state index contributed by atoms with van der Waals surface area (Å²) in [6.07, 6.45) is 8.22. The zero-order chi connectivity index (χ0) is 23.6. The molecule has 1 aliphatic heterocycles. The van der Waals surface area contributed by atoms with E-state index in [9.17, 15) is 13.5 Å². The van der Waals surface area contributed by atoms with Gasteiger partial charge in [-0.1, -0.05) is 31.9 Å². The summed E-state index contributed by atoms with van der Waals surface area (Å²) in [4.78, 5) is 2.55. The van der Waals surface area contributed by atoms with Gasteiger partial charge in [-0.25, -0.2) is 8.42 Å². The van der Waals surface area contributed by atoms with Crippen molar-refractivity contribution in [1.29, 1.82) is 0 Å². The third kappa shape index (κ3) is 3.43. The van der Waals surface area contributed by atoms with Crippen LogP contribution in [-0.2, 0) is 21.9 Å². The van der Waals surface area contributed by atoms with Crippen molar-refractivity contribution in [1.82, 2.24) is 4.90 Å². The Hall–Kier alpha value is -2.25. The van der Waals surface area contributed by atoms with E-state index < -0.39 is 10.0 Å². The monoisotopic (exact) mass is 469 g/mol. The van der Waals surface area contributed by atoms with Gasteiger partial charge in [0.1, 0.15) is 5.75 Å². The van der Waals surface area contributed by atoms with Gasteiger partial charge in [0.05, 0.1) is 23.3 Å². The minimum atomic E-state index is -3.42. The molecule has 2 aliphatic carbocycles. The fraction of sp³-hybridized carbons (Fsp3) is 0.538. The molecule has 3 aliphatic rings. The second-order valence-corrected chi connectivity index (χ2v) is 12.4. The van der Waals surface area contributed by atoms with Crippen LogP contribution in [0.2, 0.25) is 0 Å². The Balaban J connectivity index is 1.62. The summed E-state index contributed by atoms with van der Waals surface area (Å²) in [5.74, 6) is 0.236. The first kappa shape index (κ1) is 22.5. The number of likely N-dealkylation sites (N-methyl/N-ethyl adjacent to an activating group) is 1. The van der Waals surface area contributed by atoms with E-state index in [1.165, 1.54) is 36.8 Å². The van der Waals surface area contributed by atoms with E-state index in [2.05, 4.69) is 35.8 Å². The number of anilines is 3. The van der Waals surface area contributed by atoms with Crippen molar-refractivity contribution in [2.75, 3.05) is 29.9 Å². The quantitative estimate of drug-likeness (QED) is 0.555. The van der Waals surface area contributed by atoms with Gasteiger partial charge in [0.15, 0.2) is 0 Å². The van der Waals surface area contributed by atoms with Crippen molar-refractivity contribution >= 4 is 27.1 Å². The second-order valence-electron chi connectivity index (χ2n) is 10.6. The van der Waals surface area contributed by atoms with Crippen LogP contribution in [0.3, 0.4) is 0 Å². The van der Waals surface area contributed by atoms with Crippen LogP contribution in [0.15, 0.2) is 30.3 Å². The topological polar surface area (TPSA) is 81.7 Å². The number of phenolic OH excluding ortho intramolecular Hbond substituents is 1. The number of rotatable bonds is 4. The summed E-state index contributed by atoms with van der Waals surface area (Å²) in [5.41, 5.74) is 5.84. The molecule has 7 heteroatoms. The molecule has 0 radical (unpaired) electrons. The molecular formula is C26H35N3O3S. The largest absolute Gasteiger partial charge is 0.506 e. The minimum Gasteiger partial charge on any atom is -0.506 e. The Bertz CT molecular complexity index is 1210. The van der Waals surface area contributed by atoms with Crippen molar-refractivity contribution < 1.29 is 13.5 Å². The number of fused-ring (bicyclic) bond motifs is 1. The van der Waals surface area contributed by atoms with Crippen molar-refractivity contribution in [2.24, 2.45) is 5.41 Å². The van der Waals surface area contributed by atoms with Gasteiger partial charge >= 0.3 is 0 Å². The highest BCUT2D eigenvalue weighted by atomic mass is 32.2. The lowest BCUT2D eigenvalue weighted by molar-refractivity contribution is -0.0737. The molecule has 2 aromatic carbocycles. The second kappa shape index (κ2) is 7.64. The van der Waals surface area contributed by atoms with E-state index in [0.29, 0.717) is 23.1 Å². The van der Waals surface area contributed by atoms with E-state index in [1.54, 1.807) is 12.1 Å². The number of sulfonamides is 1. The zero-order valence-electron chi connectivity index (χ0n) is 20.0. The van der Waals surface area contributed by atoms with E-state index in [-0.39, 0.29) is 16.6 Å². The van der Waals surface area contributed by atoms with Gasteiger partial charge in [0.25, 0.3) is 0 Å². The molecule has 178 valence electrons. The average Bonchev–Trinajstić information content (AvgIpc) is 2.74. The Morgan fingerprint density at radius 2 is 1.82 bits per heavy atom. The van der Waals surface area contributed by atoms with Gasteiger partial charge in [-0.15, -0.1) is 0 Å². The molecule has 6 nitrogen and oxygen atoms in total. The first-order valence-corrected chi connectivity index (χ1v) is 13.8. The van der Waals surface area contributed by atoms with Gasteiger partial charge in [0.2, 0.25) is 10.0 Å². The standard InChI is InChI=1S/C26H35N3O3S/c1-17-18-15-23-25(2)11-7-8-12-26(25,13-14-29(23)3)19(18)16-22(30)24(17)27-20-9-5-6-10-21(20)28-33(4,31)32/h5-6,9-10,16,23,27-28,30H,7-8,11-15H2,1-4H3/t23-,25+,26+/m0/s1. The van der Waals surface area contributed by atoms with Gasteiger partial charge in [-0.3, -0.25) is 4.72 Å².